The minimum absolute atomic E-state index is 0.0987. The lowest BCUT2D eigenvalue weighted by Crippen LogP contribution is -2.32. The third-order valence-electron chi connectivity index (χ3n) is 4.40. The van der Waals surface area contributed by atoms with Gasteiger partial charge in [0.05, 0.1) is 19.4 Å². The minimum atomic E-state index is -0.310. The number of hydrogen-bond donors (Lipinski definition) is 1. The molecule has 0 spiro atoms. The number of amides is 1. The van der Waals surface area contributed by atoms with Crippen LogP contribution in [0.25, 0.3) is 11.0 Å². The molecule has 3 heterocycles. The molecule has 1 saturated heterocycles. The van der Waals surface area contributed by atoms with Crippen LogP contribution in [0.15, 0.2) is 41.6 Å². The summed E-state index contributed by atoms with van der Waals surface area (Å²) in [7, 11) is 1.71. The van der Waals surface area contributed by atoms with Gasteiger partial charge in [0.1, 0.15) is 18.3 Å². The maximum Gasteiger partial charge on any atom is 0.264 e. The number of aryl methyl sites for hydroxylation is 1. The van der Waals surface area contributed by atoms with E-state index < -0.39 is 0 Å². The number of ether oxygens (including phenoxy) is 2. The summed E-state index contributed by atoms with van der Waals surface area (Å²) >= 11 is 0. The van der Waals surface area contributed by atoms with Crippen LogP contribution in [-0.2, 0) is 34.4 Å². The Morgan fingerprint density at radius 1 is 1.26 bits per heavy atom. The normalized spacial score (nSPS) is 14.7. The van der Waals surface area contributed by atoms with Crippen molar-refractivity contribution in [2.45, 2.75) is 19.4 Å². The fourth-order valence-corrected chi connectivity index (χ4v) is 2.93. The van der Waals surface area contributed by atoms with Gasteiger partial charge in [0, 0.05) is 19.2 Å². The number of carbonyl (C=O) groups excluding carboxylic acids is 1. The summed E-state index contributed by atoms with van der Waals surface area (Å²) in [5, 5.41) is 7.21. The number of carbonyl (C=O) groups is 1. The van der Waals surface area contributed by atoms with E-state index in [2.05, 4.69) is 15.4 Å². The van der Waals surface area contributed by atoms with Gasteiger partial charge in [-0.15, -0.1) is 0 Å². The van der Waals surface area contributed by atoms with Crippen molar-refractivity contribution in [3.63, 3.8) is 0 Å². The maximum atomic E-state index is 12.4. The summed E-state index contributed by atoms with van der Waals surface area (Å²) in [6.45, 7) is 1.46. The second-order valence-corrected chi connectivity index (χ2v) is 6.27. The van der Waals surface area contributed by atoms with E-state index in [1.54, 1.807) is 7.05 Å². The molecule has 1 fully saturated rings. The molecule has 1 N–H and O–H groups in total. The van der Waals surface area contributed by atoms with Gasteiger partial charge in [0.2, 0.25) is 5.91 Å². The smallest absolute Gasteiger partial charge is 0.264 e. The summed E-state index contributed by atoms with van der Waals surface area (Å²) in [6, 6.07) is 7.66. The van der Waals surface area contributed by atoms with Crippen LogP contribution in [0.1, 0.15) is 17.4 Å². The van der Waals surface area contributed by atoms with Crippen molar-refractivity contribution < 1.29 is 14.3 Å². The van der Waals surface area contributed by atoms with E-state index in [1.807, 2.05) is 24.3 Å². The van der Waals surface area contributed by atoms with Gasteiger partial charge < -0.3 is 14.8 Å². The van der Waals surface area contributed by atoms with Gasteiger partial charge in [0.25, 0.3) is 5.56 Å². The summed E-state index contributed by atoms with van der Waals surface area (Å²) in [4.78, 5) is 28.8. The number of aromatic nitrogens is 4. The van der Waals surface area contributed by atoms with Crippen LogP contribution in [-0.4, -0.2) is 38.5 Å². The van der Waals surface area contributed by atoms with Gasteiger partial charge in [-0.25, -0.2) is 4.98 Å². The van der Waals surface area contributed by atoms with E-state index in [9.17, 15) is 9.59 Å². The molecule has 140 valence electrons. The van der Waals surface area contributed by atoms with E-state index in [1.165, 1.54) is 21.8 Å². The SMILES string of the molecule is Cn1ncc2c(=O)n(CC(=O)NCc3ccc(C4OCCO4)cc3)cnc21. The lowest BCUT2D eigenvalue weighted by molar-refractivity contribution is -0.121. The highest BCUT2D eigenvalue weighted by Gasteiger charge is 2.17. The molecule has 0 bridgehead atoms. The largest absolute Gasteiger partial charge is 0.350 e. The van der Waals surface area contributed by atoms with Gasteiger partial charge >= 0.3 is 0 Å². The van der Waals surface area contributed by atoms with E-state index in [0.717, 1.165) is 11.1 Å². The van der Waals surface area contributed by atoms with Crippen molar-refractivity contribution in [1.29, 1.82) is 0 Å². The molecule has 3 aromatic rings. The van der Waals surface area contributed by atoms with Crippen molar-refractivity contribution in [3.05, 3.63) is 58.3 Å². The Labute approximate surface area is 154 Å². The first-order valence-corrected chi connectivity index (χ1v) is 8.58. The molecule has 1 aromatic carbocycles. The highest BCUT2D eigenvalue weighted by molar-refractivity contribution is 5.77. The van der Waals surface area contributed by atoms with Crippen molar-refractivity contribution in [2.75, 3.05) is 13.2 Å². The highest BCUT2D eigenvalue weighted by Crippen LogP contribution is 2.23. The van der Waals surface area contributed by atoms with Crippen LogP contribution in [0.3, 0.4) is 0 Å². The number of nitrogens with one attached hydrogen (secondary N) is 1. The van der Waals surface area contributed by atoms with Crippen molar-refractivity contribution >= 4 is 16.9 Å². The molecular formula is C18H19N5O4. The van der Waals surface area contributed by atoms with Crippen LogP contribution >= 0.6 is 0 Å². The standard InChI is InChI=1S/C18H19N5O4/c1-22-16-14(9-21-22)17(25)23(11-20-16)10-15(24)19-8-12-2-4-13(5-3-12)18-26-6-7-27-18/h2-5,9,11,18H,6-8,10H2,1H3,(H,19,24). The molecule has 0 aliphatic carbocycles. The van der Waals surface area contributed by atoms with Crippen LogP contribution in [0.2, 0.25) is 0 Å². The summed E-state index contributed by atoms with van der Waals surface area (Å²) < 4.78 is 13.7. The molecule has 1 aliphatic rings. The van der Waals surface area contributed by atoms with Gasteiger partial charge in [-0.3, -0.25) is 18.8 Å². The van der Waals surface area contributed by atoms with Crippen LogP contribution in [0, 0.1) is 0 Å². The Balaban J connectivity index is 1.37. The van der Waals surface area contributed by atoms with Crippen LogP contribution in [0.5, 0.6) is 0 Å². The van der Waals surface area contributed by atoms with E-state index in [-0.39, 0.29) is 24.3 Å². The predicted molar refractivity (Wildman–Crippen MR) is 95.7 cm³/mol. The predicted octanol–water partition coefficient (Wildman–Crippen LogP) is 0.492. The van der Waals surface area contributed by atoms with Crippen LogP contribution in [0.4, 0.5) is 0 Å². The number of rotatable bonds is 5. The Morgan fingerprint density at radius 2 is 2.00 bits per heavy atom. The lowest BCUT2D eigenvalue weighted by Gasteiger charge is -2.11. The molecule has 9 heteroatoms. The summed E-state index contributed by atoms with van der Waals surface area (Å²) in [6.07, 6.45) is 2.51. The third-order valence-corrected chi connectivity index (χ3v) is 4.40. The molecule has 1 amide bonds. The summed E-state index contributed by atoms with van der Waals surface area (Å²) in [5.74, 6) is -0.270. The first-order valence-electron chi connectivity index (χ1n) is 8.58. The zero-order chi connectivity index (χ0) is 18.8. The van der Waals surface area contributed by atoms with Crippen molar-refractivity contribution in [1.82, 2.24) is 24.6 Å². The average Bonchev–Trinajstić information content (AvgIpc) is 3.33. The molecule has 1 aliphatic heterocycles. The fourth-order valence-electron chi connectivity index (χ4n) is 2.93. The van der Waals surface area contributed by atoms with Crippen molar-refractivity contribution in [2.24, 2.45) is 7.05 Å². The number of hydrogen-bond acceptors (Lipinski definition) is 6. The zero-order valence-corrected chi connectivity index (χ0v) is 14.8. The molecule has 9 nitrogen and oxygen atoms in total. The monoisotopic (exact) mass is 369 g/mol. The molecular weight excluding hydrogens is 350 g/mol. The molecule has 0 radical (unpaired) electrons. The molecule has 2 aromatic heterocycles. The summed E-state index contributed by atoms with van der Waals surface area (Å²) in [5.41, 5.74) is 2.10. The molecule has 27 heavy (non-hydrogen) atoms. The first-order chi connectivity index (χ1) is 13.1. The van der Waals surface area contributed by atoms with E-state index >= 15 is 0 Å². The van der Waals surface area contributed by atoms with E-state index in [4.69, 9.17) is 9.47 Å². The number of fused-ring (bicyclic) bond motifs is 1. The average molecular weight is 369 g/mol. The zero-order valence-electron chi connectivity index (χ0n) is 14.8. The highest BCUT2D eigenvalue weighted by atomic mass is 16.7. The Kier molecular flexibility index (Phi) is 4.69. The van der Waals surface area contributed by atoms with Gasteiger partial charge in [-0.05, 0) is 5.56 Å². The first kappa shape index (κ1) is 17.4. The van der Waals surface area contributed by atoms with Gasteiger partial charge in [-0.2, -0.15) is 5.10 Å². The second kappa shape index (κ2) is 7.29. The fraction of sp³-hybridized carbons (Fsp3) is 0.333. The molecule has 0 atom stereocenters. The quantitative estimate of drug-likeness (QED) is 0.703. The van der Waals surface area contributed by atoms with Crippen LogP contribution < -0.4 is 10.9 Å². The Hall–Kier alpha value is -3.04. The maximum absolute atomic E-state index is 12.4. The molecule has 0 unspecified atom stereocenters. The Bertz CT molecular complexity index is 1020. The van der Waals surface area contributed by atoms with Gasteiger partial charge in [-0.1, -0.05) is 24.3 Å². The van der Waals surface area contributed by atoms with Gasteiger partial charge in [0.15, 0.2) is 11.9 Å². The molecule has 0 saturated carbocycles. The molecule has 4 rings (SSSR count). The minimum Gasteiger partial charge on any atom is -0.350 e. The lowest BCUT2D eigenvalue weighted by atomic mass is 10.1. The number of benzene rings is 1. The Morgan fingerprint density at radius 3 is 2.74 bits per heavy atom. The third kappa shape index (κ3) is 3.60. The number of nitrogens with zero attached hydrogens (tertiary/aromatic N) is 4. The van der Waals surface area contributed by atoms with Crippen molar-refractivity contribution in [3.8, 4) is 0 Å². The van der Waals surface area contributed by atoms with E-state index in [0.29, 0.717) is 30.8 Å². The second-order valence-electron chi connectivity index (χ2n) is 6.27. The topological polar surface area (TPSA) is 100 Å².